The van der Waals surface area contributed by atoms with Crippen molar-refractivity contribution in [3.05, 3.63) is 24.0 Å². The van der Waals surface area contributed by atoms with Crippen LogP contribution in [0.25, 0.3) is 0 Å². The topological polar surface area (TPSA) is 16.1 Å². The molecule has 1 aliphatic carbocycles. The third kappa shape index (κ3) is 1.85. The van der Waals surface area contributed by atoms with Gasteiger partial charge in [0.15, 0.2) is 0 Å². The lowest BCUT2D eigenvalue weighted by Gasteiger charge is -2.24. The van der Waals surface area contributed by atoms with Gasteiger partial charge in [-0.2, -0.15) is 0 Å². The molecule has 0 unspecified atom stereocenters. The van der Waals surface area contributed by atoms with E-state index in [4.69, 9.17) is 11.6 Å². The smallest absolute Gasteiger partial charge is 0.0599 e. The zero-order valence-corrected chi connectivity index (χ0v) is 9.17. The molecule has 1 heterocycles. The first-order valence-corrected chi connectivity index (χ1v) is 5.65. The zero-order chi connectivity index (χ0) is 9.97. The molecule has 0 aliphatic heterocycles. The van der Waals surface area contributed by atoms with Crippen LogP contribution in [0.3, 0.4) is 0 Å². The predicted octanol–water partition coefficient (Wildman–Crippen LogP) is 2.81. The molecule has 3 heteroatoms. The Bertz CT molecular complexity index is 310. The molecule has 1 saturated carbocycles. The molecule has 0 N–H and O–H groups in total. The average Bonchev–Trinajstić information content (AvgIpc) is 3.04. The number of aromatic nitrogens is 1. The van der Waals surface area contributed by atoms with E-state index in [1.54, 1.807) is 0 Å². The van der Waals surface area contributed by atoms with Crippen molar-refractivity contribution in [1.82, 2.24) is 4.98 Å². The normalized spacial score (nSPS) is 15.6. The van der Waals surface area contributed by atoms with Gasteiger partial charge in [-0.15, -0.1) is 11.6 Å². The Kier molecular flexibility index (Phi) is 2.92. The maximum atomic E-state index is 5.90. The lowest BCUT2D eigenvalue weighted by atomic mass is 10.2. The second kappa shape index (κ2) is 4.18. The summed E-state index contributed by atoms with van der Waals surface area (Å²) in [6.45, 7) is 3.23. The van der Waals surface area contributed by atoms with Gasteiger partial charge in [0.25, 0.3) is 0 Å². The van der Waals surface area contributed by atoms with E-state index in [1.165, 1.54) is 24.1 Å². The summed E-state index contributed by atoms with van der Waals surface area (Å²) < 4.78 is 0. The first kappa shape index (κ1) is 9.78. The van der Waals surface area contributed by atoms with Crippen molar-refractivity contribution in [2.24, 2.45) is 0 Å². The highest BCUT2D eigenvalue weighted by molar-refractivity contribution is 6.17. The van der Waals surface area contributed by atoms with Crippen LogP contribution in [0, 0.1) is 0 Å². The van der Waals surface area contributed by atoms with Gasteiger partial charge < -0.3 is 4.90 Å². The maximum Gasteiger partial charge on any atom is 0.0599 e. The van der Waals surface area contributed by atoms with Crippen molar-refractivity contribution in [3.63, 3.8) is 0 Å². The number of halogens is 1. The van der Waals surface area contributed by atoms with E-state index >= 15 is 0 Å². The third-order valence-electron chi connectivity index (χ3n) is 2.67. The fraction of sp³-hybridized carbons (Fsp3) is 0.545. The Morgan fingerprint density at radius 3 is 2.93 bits per heavy atom. The standard InChI is InChI=1S/C11H15ClN2/c1-2-14(10-3-4-10)11-8-13-6-5-9(11)7-12/h5-6,8,10H,2-4,7H2,1H3. The molecule has 2 rings (SSSR count). The Morgan fingerprint density at radius 1 is 1.57 bits per heavy atom. The number of hydrogen-bond donors (Lipinski definition) is 0. The summed E-state index contributed by atoms with van der Waals surface area (Å²) in [5.41, 5.74) is 2.41. The van der Waals surface area contributed by atoms with E-state index in [0.29, 0.717) is 5.88 Å². The van der Waals surface area contributed by atoms with Gasteiger partial charge in [0.05, 0.1) is 11.9 Å². The van der Waals surface area contributed by atoms with Crippen LogP contribution < -0.4 is 4.90 Å². The molecule has 76 valence electrons. The van der Waals surface area contributed by atoms with Crippen LogP contribution in [0.4, 0.5) is 5.69 Å². The summed E-state index contributed by atoms with van der Waals surface area (Å²) >= 11 is 5.90. The minimum absolute atomic E-state index is 0.571. The highest BCUT2D eigenvalue weighted by Gasteiger charge is 2.29. The van der Waals surface area contributed by atoms with E-state index in [1.807, 2.05) is 18.5 Å². The molecular formula is C11H15ClN2. The fourth-order valence-corrected chi connectivity index (χ4v) is 2.02. The molecule has 1 aromatic rings. The Labute approximate surface area is 89.9 Å². The molecule has 0 saturated heterocycles. The highest BCUT2D eigenvalue weighted by Crippen LogP contribution is 2.33. The van der Waals surface area contributed by atoms with Gasteiger partial charge in [-0.3, -0.25) is 4.98 Å². The maximum absolute atomic E-state index is 5.90. The van der Waals surface area contributed by atoms with Crippen molar-refractivity contribution in [2.45, 2.75) is 31.7 Å². The van der Waals surface area contributed by atoms with E-state index in [0.717, 1.165) is 12.6 Å². The number of anilines is 1. The number of nitrogens with zero attached hydrogens (tertiary/aromatic N) is 2. The van der Waals surface area contributed by atoms with Crippen LogP contribution in [-0.2, 0) is 5.88 Å². The number of rotatable bonds is 4. The number of pyridine rings is 1. The van der Waals surface area contributed by atoms with Crippen LogP contribution in [0.5, 0.6) is 0 Å². The minimum atomic E-state index is 0.571. The summed E-state index contributed by atoms with van der Waals surface area (Å²) in [4.78, 5) is 6.58. The monoisotopic (exact) mass is 210 g/mol. The van der Waals surface area contributed by atoms with Gasteiger partial charge in [0.2, 0.25) is 0 Å². The third-order valence-corrected chi connectivity index (χ3v) is 2.96. The molecule has 0 spiro atoms. The predicted molar refractivity (Wildman–Crippen MR) is 59.8 cm³/mol. The Balaban J connectivity index is 2.27. The lowest BCUT2D eigenvalue weighted by molar-refractivity contribution is 0.818. The summed E-state index contributed by atoms with van der Waals surface area (Å²) in [6.07, 6.45) is 6.36. The Hall–Kier alpha value is -0.760. The van der Waals surface area contributed by atoms with Crippen molar-refractivity contribution in [2.75, 3.05) is 11.4 Å². The average molecular weight is 211 g/mol. The Morgan fingerprint density at radius 2 is 2.36 bits per heavy atom. The zero-order valence-electron chi connectivity index (χ0n) is 8.41. The largest absolute Gasteiger partial charge is 0.367 e. The fourth-order valence-electron chi connectivity index (χ4n) is 1.80. The number of alkyl halides is 1. The SMILES string of the molecule is CCN(c1cnccc1CCl)C1CC1. The first-order valence-electron chi connectivity index (χ1n) is 5.12. The van der Waals surface area contributed by atoms with Crippen LogP contribution in [0.1, 0.15) is 25.3 Å². The van der Waals surface area contributed by atoms with Gasteiger partial charge in [-0.05, 0) is 31.4 Å². The molecule has 0 aromatic carbocycles. The molecule has 0 amide bonds. The van der Waals surface area contributed by atoms with Crippen molar-refractivity contribution < 1.29 is 0 Å². The molecule has 1 aliphatic rings. The van der Waals surface area contributed by atoms with Crippen molar-refractivity contribution in [3.8, 4) is 0 Å². The molecule has 1 fully saturated rings. The van der Waals surface area contributed by atoms with Crippen molar-refractivity contribution >= 4 is 17.3 Å². The van der Waals surface area contributed by atoms with Gasteiger partial charge in [-0.25, -0.2) is 0 Å². The molecule has 2 nitrogen and oxygen atoms in total. The highest BCUT2D eigenvalue weighted by atomic mass is 35.5. The van der Waals surface area contributed by atoms with Gasteiger partial charge in [0, 0.05) is 24.7 Å². The second-order valence-corrected chi connectivity index (χ2v) is 3.92. The molecular weight excluding hydrogens is 196 g/mol. The summed E-state index contributed by atoms with van der Waals surface area (Å²) in [7, 11) is 0. The molecule has 14 heavy (non-hydrogen) atoms. The molecule has 1 aromatic heterocycles. The van der Waals surface area contributed by atoms with Gasteiger partial charge in [0.1, 0.15) is 0 Å². The number of hydrogen-bond acceptors (Lipinski definition) is 2. The van der Waals surface area contributed by atoms with Gasteiger partial charge in [-0.1, -0.05) is 0 Å². The van der Waals surface area contributed by atoms with Crippen LogP contribution in [0.15, 0.2) is 18.5 Å². The van der Waals surface area contributed by atoms with Crippen molar-refractivity contribution in [1.29, 1.82) is 0 Å². The van der Waals surface area contributed by atoms with E-state index < -0.39 is 0 Å². The van der Waals surface area contributed by atoms with E-state index in [-0.39, 0.29) is 0 Å². The van der Waals surface area contributed by atoms with Crippen LogP contribution in [-0.4, -0.2) is 17.6 Å². The van der Waals surface area contributed by atoms with E-state index in [9.17, 15) is 0 Å². The summed E-state index contributed by atoms with van der Waals surface area (Å²) in [5.74, 6) is 0.571. The second-order valence-electron chi connectivity index (χ2n) is 3.66. The summed E-state index contributed by atoms with van der Waals surface area (Å²) in [5, 5.41) is 0. The minimum Gasteiger partial charge on any atom is -0.367 e. The summed E-state index contributed by atoms with van der Waals surface area (Å²) in [6, 6.07) is 2.74. The van der Waals surface area contributed by atoms with Gasteiger partial charge >= 0.3 is 0 Å². The molecule has 0 radical (unpaired) electrons. The van der Waals surface area contributed by atoms with Crippen LogP contribution in [0.2, 0.25) is 0 Å². The lowest BCUT2D eigenvalue weighted by Crippen LogP contribution is -2.26. The first-order chi connectivity index (χ1) is 6.86. The molecule has 0 atom stereocenters. The quantitative estimate of drug-likeness (QED) is 0.711. The van der Waals surface area contributed by atoms with E-state index in [2.05, 4.69) is 16.8 Å². The molecule has 0 bridgehead atoms. The van der Waals surface area contributed by atoms with Crippen LogP contribution >= 0.6 is 11.6 Å².